The lowest BCUT2D eigenvalue weighted by atomic mass is 10.2. The predicted octanol–water partition coefficient (Wildman–Crippen LogP) is -2.16. The van der Waals surface area contributed by atoms with Crippen LogP contribution in [0.1, 0.15) is 20.8 Å². The number of rotatable bonds is 3. The third-order valence-corrected chi connectivity index (χ3v) is 1.86. The lowest BCUT2D eigenvalue weighted by Crippen LogP contribution is -3.00. The molecule has 0 spiro atoms. The number of hydrogen-bond acceptors (Lipinski definition) is 2. The van der Waals surface area contributed by atoms with Crippen molar-refractivity contribution in [2.75, 3.05) is 6.54 Å². The van der Waals surface area contributed by atoms with Crippen molar-refractivity contribution in [1.82, 2.24) is 9.88 Å². The van der Waals surface area contributed by atoms with Crippen LogP contribution >= 0.6 is 0 Å². The summed E-state index contributed by atoms with van der Waals surface area (Å²) in [5.74, 6) is 0. The summed E-state index contributed by atoms with van der Waals surface area (Å²) >= 11 is 0. The van der Waals surface area contributed by atoms with Crippen LogP contribution in [0.3, 0.4) is 0 Å². The Morgan fingerprint density at radius 1 is 1.47 bits per heavy atom. The van der Waals surface area contributed by atoms with Crippen LogP contribution < -0.4 is 26.9 Å². The normalized spacial score (nSPS) is 10.6. The number of amides is 1. The fourth-order valence-corrected chi connectivity index (χ4v) is 1.24. The molecule has 1 rings (SSSR count). The topological polar surface area (TPSA) is 47.1 Å². The number of halogens is 1. The second kappa shape index (κ2) is 6.64. The highest BCUT2D eigenvalue weighted by Crippen LogP contribution is 2.06. The van der Waals surface area contributed by atoms with Gasteiger partial charge in [0.15, 0.2) is 0 Å². The largest absolute Gasteiger partial charge is 1.00 e. The third-order valence-electron chi connectivity index (χ3n) is 1.86. The first-order valence-electron chi connectivity index (χ1n) is 5.35. The number of hydrogen-bond donors (Lipinski definition) is 1. The number of nitrogens with zero attached hydrogens (tertiary/aromatic N) is 2. The van der Waals surface area contributed by atoms with Gasteiger partial charge in [0.1, 0.15) is 24.5 Å². The summed E-state index contributed by atoms with van der Waals surface area (Å²) in [6.45, 7) is 6.83. The molecule has 0 saturated carbocycles. The smallest absolute Gasteiger partial charge is 0.407 e. The van der Waals surface area contributed by atoms with Crippen LogP contribution in [0, 0.1) is 0 Å². The SMILES string of the molecule is C[n+]1ccn(CCNC(=O)OC(C)(C)C)c1.[Br-]. The van der Waals surface area contributed by atoms with Crippen molar-refractivity contribution in [2.45, 2.75) is 32.9 Å². The van der Waals surface area contributed by atoms with Crippen LogP contribution in [0.5, 0.6) is 0 Å². The van der Waals surface area contributed by atoms with E-state index in [2.05, 4.69) is 5.32 Å². The van der Waals surface area contributed by atoms with Crippen molar-refractivity contribution in [3.63, 3.8) is 0 Å². The highest BCUT2D eigenvalue weighted by Gasteiger charge is 2.15. The van der Waals surface area contributed by atoms with E-state index in [4.69, 9.17) is 4.74 Å². The number of aromatic nitrogens is 2. The number of aryl methyl sites for hydroxylation is 1. The van der Waals surface area contributed by atoms with Crippen LogP contribution in [-0.2, 0) is 18.3 Å². The molecular formula is C11H20BrN3O2. The van der Waals surface area contributed by atoms with Gasteiger partial charge in [-0.15, -0.1) is 0 Å². The van der Waals surface area contributed by atoms with E-state index in [1.54, 1.807) is 0 Å². The monoisotopic (exact) mass is 305 g/mol. The minimum atomic E-state index is -0.441. The minimum Gasteiger partial charge on any atom is -1.00 e. The molecule has 0 radical (unpaired) electrons. The van der Waals surface area contributed by atoms with Gasteiger partial charge in [0.05, 0.1) is 13.6 Å². The number of imidazole rings is 1. The predicted molar refractivity (Wildman–Crippen MR) is 59.8 cm³/mol. The van der Waals surface area contributed by atoms with Gasteiger partial charge < -0.3 is 27.0 Å². The summed E-state index contributed by atoms with van der Waals surface area (Å²) in [5.41, 5.74) is -0.441. The molecule has 6 heteroatoms. The standard InChI is InChI=1S/C11H19N3O2.BrH/c1-11(2,3)16-10(15)12-5-6-14-8-7-13(4)9-14;/h7-9H,5-6H2,1-4H3;1H. The second-order valence-electron chi connectivity index (χ2n) is 4.75. The van der Waals surface area contributed by atoms with Gasteiger partial charge in [-0.25, -0.2) is 13.9 Å². The fourth-order valence-electron chi connectivity index (χ4n) is 1.24. The van der Waals surface area contributed by atoms with E-state index < -0.39 is 5.60 Å². The number of carbonyl (C=O) groups excluding carboxylic acids is 1. The Balaban J connectivity index is 0.00000256. The molecule has 1 N–H and O–H groups in total. The molecular weight excluding hydrogens is 286 g/mol. The summed E-state index contributed by atoms with van der Waals surface area (Å²) in [6, 6.07) is 0. The number of alkyl carbamates (subject to hydrolysis) is 1. The molecule has 5 nitrogen and oxygen atoms in total. The molecule has 17 heavy (non-hydrogen) atoms. The van der Waals surface area contributed by atoms with E-state index in [0.717, 1.165) is 6.54 Å². The van der Waals surface area contributed by atoms with E-state index in [-0.39, 0.29) is 23.1 Å². The maximum Gasteiger partial charge on any atom is 0.407 e. The van der Waals surface area contributed by atoms with Gasteiger partial charge in [-0.2, -0.15) is 0 Å². The van der Waals surface area contributed by atoms with Crippen molar-refractivity contribution in [1.29, 1.82) is 0 Å². The maximum atomic E-state index is 11.3. The summed E-state index contributed by atoms with van der Waals surface area (Å²) in [7, 11) is 1.96. The number of nitrogens with one attached hydrogen (secondary N) is 1. The zero-order valence-corrected chi connectivity index (χ0v) is 12.3. The molecule has 98 valence electrons. The van der Waals surface area contributed by atoms with Gasteiger partial charge in [-0.1, -0.05) is 0 Å². The molecule has 0 aliphatic heterocycles. The van der Waals surface area contributed by atoms with Gasteiger partial charge in [0.25, 0.3) is 0 Å². The van der Waals surface area contributed by atoms with Crippen molar-refractivity contribution in [3.8, 4) is 0 Å². The van der Waals surface area contributed by atoms with Crippen LogP contribution in [-0.4, -0.2) is 22.8 Å². The minimum absolute atomic E-state index is 0. The van der Waals surface area contributed by atoms with Crippen LogP contribution in [0.25, 0.3) is 0 Å². The van der Waals surface area contributed by atoms with Crippen molar-refractivity contribution < 1.29 is 31.1 Å². The Bertz CT molecular complexity index is 358. The first kappa shape index (κ1) is 16.0. The lowest BCUT2D eigenvalue weighted by Gasteiger charge is -2.19. The zero-order chi connectivity index (χ0) is 12.2. The van der Waals surface area contributed by atoms with E-state index in [1.807, 2.05) is 55.7 Å². The van der Waals surface area contributed by atoms with Gasteiger partial charge in [-0.05, 0) is 20.8 Å². The lowest BCUT2D eigenvalue weighted by molar-refractivity contribution is -0.671. The van der Waals surface area contributed by atoms with Crippen LogP contribution in [0.4, 0.5) is 4.79 Å². The summed E-state index contributed by atoms with van der Waals surface area (Å²) in [5, 5.41) is 2.71. The molecule has 0 aliphatic carbocycles. The van der Waals surface area contributed by atoms with Gasteiger partial charge in [-0.3, -0.25) is 0 Å². The van der Waals surface area contributed by atoms with Gasteiger partial charge in [0, 0.05) is 0 Å². The van der Waals surface area contributed by atoms with Crippen LogP contribution in [0.15, 0.2) is 18.7 Å². The Hall–Kier alpha value is -1.04. The maximum absolute atomic E-state index is 11.3. The average Bonchev–Trinajstić information content (AvgIpc) is 2.48. The molecule has 0 unspecified atom stereocenters. The highest BCUT2D eigenvalue weighted by atomic mass is 79.9. The Morgan fingerprint density at radius 3 is 2.59 bits per heavy atom. The molecule has 0 aliphatic rings. The molecule has 0 aromatic carbocycles. The molecule has 0 bridgehead atoms. The van der Waals surface area contributed by atoms with Gasteiger partial charge in [0.2, 0.25) is 6.33 Å². The first-order valence-corrected chi connectivity index (χ1v) is 5.35. The molecule has 0 atom stereocenters. The molecule has 1 aromatic rings. The molecule has 1 heterocycles. The Kier molecular flexibility index (Phi) is 6.23. The molecule has 1 aromatic heterocycles. The number of ether oxygens (including phenoxy) is 1. The molecule has 0 fully saturated rings. The van der Waals surface area contributed by atoms with E-state index in [0.29, 0.717) is 6.54 Å². The van der Waals surface area contributed by atoms with E-state index in [1.165, 1.54) is 0 Å². The number of carbonyl (C=O) groups is 1. The second-order valence-corrected chi connectivity index (χ2v) is 4.75. The Labute approximate surface area is 113 Å². The summed E-state index contributed by atoms with van der Waals surface area (Å²) < 4.78 is 9.07. The average molecular weight is 306 g/mol. The quantitative estimate of drug-likeness (QED) is 0.647. The van der Waals surface area contributed by atoms with E-state index >= 15 is 0 Å². The first-order chi connectivity index (χ1) is 7.37. The van der Waals surface area contributed by atoms with Crippen molar-refractivity contribution in [3.05, 3.63) is 18.7 Å². The summed E-state index contributed by atoms with van der Waals surface area (Å²) in [4.78, 5) is 11.3. The van der Waals surface area contributed by atoms with Crippen molar-refractivity contribution >= 4 is 6.09 Å². The van der Waals surface area contributed by atoms with Crippen molar-refractivity contribution in [2.24, 2.45) is 7.05 Å². The Morgan fingerprint density at radius 2 is 2.12 bits per heavy atom. The summed E-state index contributed by atoms with van der Waals surface area (Å²) in [6.07, 6.45) is 5.49. The third kappa shape index (κ3) is 6.99. The zero-order valence-electron chi connectivity index (χ0n) is 10.7. The van der Waals surface area contributed by atoms with Gasteiger partial charge >= 0.3 is 6.09 Å². The fraction of sp³-hybridized carbons (Fsp3) is 0.636. The molecule has 1 amide bonds. The van der Waals surface area contributed by atoms with Crippen LogP contribution in [0.2, 0.25) is 0 Å². The van der Waals surface area contributed by atoms with E-state index in [9.17, 15) is 4.79 Å². The molecule has 0 saturated heterocycles. The highest BCUT2D eigenvalue weighted by molar-refractivity contribution is 5.67.